The largest absolute Gasteiger partial charge is 0.394 e. The number of nitrogens with two attached hydrogens (primary N) is 2. The lowest BCUT2D eigenvalue weighted by atomic mass is 10.3. The van der Waals surface area contributed by atoms with Gasteiger partial charge in [0.05, 0.1) is 12.7 Å². The number of nitrogens with zero attached hydrogens (tertiary/aromatic N) is 2. The van der Waals surface area contributed by atoms with Crippen molar-refractivity contribution >= 4 is 12.2 Å². The molecule has 0 aliphatic carbocycles. The molecule has 0 bridgehead atoms. The molecule has 0 radical (unpaired) electrons. The van der Waals surface area contributed by atoms with Crippen LogP contribution in [0.1, 0.15) is 6.42 Å². The van der Waals surface area contributed by atoms with Crippen molar-refractivity contribution in [2.75, 3.05) is 6.61 Å². The van der Waals surface area contributed by atoms with Crippen LogP contribution in [0.5, 0.6) is 0 Å². The Labute approximate surface area is 64.2 Å². The van der Waals surface area contributed by atoms with Crippen LogP contribution in [0, 0.1) is 0 Å². The van der Waals surface area contributed by atoms with Gasteiger partial charge in [-0.3, -0.25) is 0 Å². The summed E-state index contributed by atoms with van der Waals surface area (Å²) in [6.45, 7) is -0.298. The van der Waals surface area contributed by atoms with Crippen LogP contribution in [0.2, 0.25) is 0 Å². The second-order valence-electron chi connectivity index (χ2n) is 1.90. The van der Waals surface area contributed by atoms with E-state index in [0.717, 1.165) is 0 Å². The van der Waals surface area contributed by atoms with E-state index in [-0.39, 0.29) is 19.0 Å². The van der Waals surface area contributed by atoms with Crippen molar-refractivity contribution < 1.29 is 10.2 Å². The molecule has 0 saturated carbocycles. The maximum atomic E-state index is 8.77. The monoisotopic (exact) mass is 160 g/mol. The molecule has 0 spiro atoms. The Kier molecular flexibility index (Phi) is 5.05. The van der Waals surface area contributed by atoms with Gasteiger partial charge in [-0.1, -0.05) is 0 Å². The van der Waals surface area contributed by atoms with Crippen LogP contribution in [0.15, 0.2) is 10.2 Å². The van der Waals surface area contributed by atoms with Crippen LogP contribution >= 0.6 is 0 Å². The van der Waals surface area contributed by atoms with E-state index in [9.17, 15) is 0 Å². The summed E-state index contributed by atoms with van der Waals surface area (Å²) in [5.41, 5.74) is 9.89. The van der Waals surface area contributed by atoms with Crippen molar-refractivity contribution in [1.82, 2.24) is 0 Å². The Bertz CT molecular complexity index is 153. The summed E-state index contributed by atoms with van der Waals surface area (Å²) >= 11 is 0. The van der Waals surface area contributed by atoms with E-state index in [1.165, 1.54) is 6.21 Å². The van der Waals surface area contributed by atoms with Gasteiger partial charge in [0.25, 0.3) is 0 Å². The van der Waals surface area contributed by atoms with Crippen molar-refractivity contribution in [3.8, 4) is 0 Å². The summed E-state index contributed by atoms with van der Waals surface area (Å²) in [5, 5.41) is 23.8. The highest BCUT2D eigenvalue weighted by Gasteiger charge is 1.96. The first-order valence-electron chi connectivity index (χ1n) is 3.06. The average molecular weight is 160 g/mol. The lowest BCUT2D eigenvalue weighted by Gasteiger charge is -1.98. The minimum absolute atomic E-state index is 0.139. The van der Waals surface area contributed by atoms with Gasteiger partial charge < -0.3 is 21.7 Å². The quantitative estimate of drug-likeness (QED) is 0.216. The topological polar surface area (TPSA) is 117 Å². The molecule has 0 saturated heterocycles. The van der Waals surface area contributed by atoms with E-state index < -0.39 is 6.10 Å². The normalized spacial score (nSPS) is 13.3. The lowest BCUT2D eigenvalue weighted by molar-refractivity contribution is 0.102. The standard InChI is InChI=1S/C5H12N4O2/c6-5(7)9-8-2-1-4(11)3-10/h2,4,10-11H,1,3H2,(H4,6,7,9)/b8-2-. The second kappa shape index (κ2) is 5.63. The van der Waals surface area contributed by atoms with Crippen LogP contribution < -0.4 is 11.5 Å². The van der Waals surface area contributed by atoms with Gasteiger partial charge in [-0.2, -0.15) is 5.10 Å². The van der Waals surface area contributed by atoms with E-state index >= 15 is 0 Å². The van der Waals surface area contributed by atoms with Gasteiger partial charge in [0.2, 0.25) is 5.96 Å². The fourth-order valence-electron chi connectivity index (χ4n) is 0.351. The molecule has 1 atom stereocenters. The van der Waals surface area contributed by atoms with E-state index in [0.29, 0.717) is 0 Å². The molecule has 0 aromatic carbocycles. The summed E-state index contributed by atoms with van der Waals surface area (Å²) < 4.78 is 0. The molecule has 0 fully saturated rings. The highest BCUT2D eigenvalue weighted by Crippen LogP contribution is 1.85. The fraction of sp³-hybridized carbons (Fsp3) is 0.600. The Balaban J connectivity index is 3.52. The predicted octanol–water partition coefficient (Wildman–Crippen LogP) is -2.01. The molecule has 11 heavy (non-hydrogen) atoms. The summed E-state index contributed by atoms with van der Waals surface area (Å²) in [5.74, 6) is -0.139. The molecule has 6 N–H and O–H groups in total. The van der Waals surface area contributed by atoms with Crippen molar-refractivity contribution in [3.63, 3.8) is 0 Å². The zero-order valence-electron chi connectivity index (χ0n) is 6.01. The molecule has 0 aliphatic rings. The molecule has 0 aromatic heterocycles. The Morgan fingerprint density at radius 1 is 1.55 bits per heavy atom. The molecule has 0 heterocycles. The van der Waals surface area contributed by atoms with Gasteiger partial charge in [-0.05, 0) is 0 Å². The number of aliphatic hydroxyl groups excluding tert-OH is 2. The fourth-order valence-corrected chi connectivity index (χ4v) is 0.351. The maximum absolute atomic E-state index is 8.77. The molecule has 6 heteroatoms. The number of aliphatic hydroxyl groups is 2. The summed E-state index contributed by atoms with van der Waals surface area (Å²) in [6, 6.07) is 0. The SMILES string of the molecule is NC(N)=N/N=C\CC(O)CO. The third-order valence-corrected chi connectivity index (χ3v) is 0.843. The summed E-state index contributed by atoms with van der Waals surface area (Å²) in [6.07, 6.45) is 0.751. The van der Waals surface area contributed by atoms with Crippen LogP contribution in [0.4, 0.5) is 0 Å². The molecule has 0 amide bonds. The highest BCUT2D eigenvalue weighted by atomic mass is 16.3. The van der Waals surface area contributed by atoms with Gasteiger partial charge in [0, 0.05) is 12.6 Å². The van der Waals surface area contributed by atoms with Crippen LogP contribution in [0.3, 0.4) is 0 Å². The third kappa shape index (κ3) is 6.75. The Morgan fingerprint density at radius 3 is 2.64 bits per heavy atom. The summed E-state index contributed by atoms with van der Waals surface area (Å²) in [7, 11) is 0. The van der Waals surface area contributed by atoms with E-state index in [1.54, 1.807) is 0 Å². The number of rotatable bonds is 4. The van der Waals surface area contributed by atoms with Gasteiger partial charge in [-0.25, -0.2) is 0 Å². The molecule has 1 unspecified atom stereocenters. The van der Waals surface area contributed by atoms with Gasteiger partial charge in [0.15, 0.2) is 0 Å². The van der Waals surface area contributed by atoms with Gasteiger partial charge in [0.1, 0.15) is 0 Å². The maximum Gasteiger partial charge on any atom is 0.211 e. The van der Waals surface area contributed by atoms with Crippen LogP contribution in [-0.2, 0) is 0 Å². The highest BCUT2D eigenvalue weighted by molar-refractivity contribution is 5.76. The van der Waals surface area contributed by atoms with Crippen molar-refractivity contribution in [3.05, 3.63) is 0 Å². The molecular formula is C5H12N4O2. The average Bonchev–Trinajstić information content (AvgIpc) is 1.97. The third-order valence-electron chi connectivity index (χ3n) is 0.843. The summed E-state index contributed by atoms with van der Waals surface area (Å²) in [4.78, 5) is 0. The number of hydrogen-bond donors (Lipinski definition) is 4. The first-order chi connectivity index (χ1) is 5.16. The van der Waals surface area contributed by atoms with Crippen molar-refractivity contribution in [1.29, 1.82) is 0 Å². The van der Waals surface area contributed by atoms with E-state index in [4.69, 9.17) is 21.7 Å². The molecule has 64 valence electrons. The lowest BCUT2D eigenvalue weighted by Crippen LogP contribution is -2.21. The smallest absolute Gasteiger partial charge is 0.211 e. The molecular weight excluding hydrogens is 148 g/mol. The Morgan fingerprint density at radius 2 is 2.18 bits per heavy atom. The van der Waals surface area contributed by atoms with Gasteiger partial charge in [-0.15, -0.1) is 5.10 Å². The van der Waals surface area contributed by atoms with E-state index in [1.807, 2.05) is 0 Å². The molecule has 6 nitrogen and oxygen atoms in total. The first kappa shape index (κ1) is 9.86. The zero-order chi connectivity index (χ0) is 8.69. The minimum Gasteiger partial charge on any atom is -0.394 e. The molecule has 0 aromatic rings. The minimum atomic E-state index is -0.798. The predicted molar refractivity (Wildman–Crippen MR) is 42.0 cm³/mol. The number of hydrogen-bond acceptors (Lipinski definition) is 4. The van der Waals surface area contributed by atoms with E-state index in [2.05, 4.69) is 10.2 Å². The van der Waals surface area contributed by atoms with Crippen LogP contribution in [-0.4, -0.2) is 35.1 Å². The Hall–Kier alpha value is -1.14. The number of guanidine groups is 1. The first-order valence-corrected chi connectivity index (χ1v) is 3.06. The zero-order valence-corrected chi connectivity index (χ0v) is 6.01. The molecule has 0 rings (SSSR count). The van der Waals surface area contributed by atoms with Crippen LogP contribution in [0.25, 0.3) is 0 Å². The van der Waals surface area contributed by atoms with Crippen molar-refractivity contribution in [2.45, 2.75) is 12.5 Å². The second-order valence-corrected chi connectivity index (χ2v) is 1.90. The van der Waals surface area contributed by atoms with Gasteiger partial charge >= 0.3 is 0 Å². The van der Waals surface area contributed by atoms with Crippen molar-refractivity contribution in [2.24, 2.45) is 21.7 Å². The molecule has 0 aliphatic heterocycles.